The van der Waals surface area contributed by atoms with Crippen molar-refractivity contribution >= 4 is 20.5 Å². The van der Waals surface area contributed by atoms with Gasteiger partial charge in [-0.3, -0.25) is 9.11 Å². The Balaban J connectivity index is 3.03. The number of rotatable bonds is 5. The zero-order chi connectivity index (χ0) is 14.8. The monoisotopic (exact) mass is 320 g/mol. The molecule has 0 amide bonds. The molecule has 11 heteroatoms. The smallest absolute Gasteiger partial charge is 0.379 e. The molecule has 1 saturated heterocycles. The van der Waals surface area contributed by atoms with Crippen LogP contribution in [-0.2, 0) is 34.2 Å². The molecule has 0 aliphatic carbocycles. The summed E-state index contributed by atoms with van der Waals surface area (Å²) in [6.07, 6.45) is -2.86. The summed E-state index contributed by atoms with van der Waals surface area (Å²) in [6.45, 7) is 1.47. The van der Waals surface area contributed by atoms with E-state index in [1.807, 2.05) is 0 Å². The molecule has 4 atom stereocenters. The first-order valence-electron chi connectivity index (χ1n) is 5.29. The first-order chi connectivity index (χ1) is 8.53. The molecule has 0 radical (unpaired) electrons. The Bertz CT molecular complexity index is 496. The van der Waals surface area contributed by atoms with E-state index in [4.69, 9.17) is 18.6 Å². The number of hydrogen-bond acceptors (Lipinski definition) is 7. The van der Waals surface area contributed by atoms with Gasteiger partial charge in [0.05, 0.1) is 24.6 Å². The first-order valence-corrected chi connectivity index (χ1v) is 8.26. The summed E-state index contributed by atoms with van der Waals surface area (Å²) in [4.78, 5) is 0. The maximum absolute atomic E-state index is 11.0. The Kier molecular flexibility index (Phi) is 5.28. The van der Waals surface area contributed by atoms with Crippen LogP contribution >= 0.6 is 0 Å². The summed E-state index contributed by atoms with van der Waals surface area (Å²) < 4.78 is 75.7. The zero-order valence-corrected chi connectivity index (χ0v) is 11.9. The molecule has 0 saturated carbocycles. The van der Waals surface area contributed by atoms with Crippen molar-refractivity contribution in [1.29, 1.82) is 0 Å². The molecule has 0 spiro atoms. The van der Waals surface area contributed by atoms with Crippen molar-refractivity contribution in [3.8, 4) is 0 Å². The van der Waals surface area contributed by atoms with E-state index in [9.17, 15) is 16.8 Å². The van der Waals surface area contributed by atoms with Crippen molar-refractivity contribution in [2.24, 2.45) is 5.92 Å². The predicted octanol–water partition coefficient (Wildman–Crippen LogP) is -0.888. The minimum absolute atomic E-state index is 0.0171. The molecule has 9 nitrogen and oxygen atoms in total. The maximum atomic E-state index is 11.0. The average molecular weight is 320 g/mol. The Labute approximate surface area is 111 Å². The van der Waals surface area contributed by atoms with E-state index < -0.39 is 50.5 Å². The molecular weight excluding hydrogens is 304 g/mol. The van der Waals surface area contributed by atoms with E-state index in [0.717, 1.165) is 0 Å². The van der Waals surface area contributed by atoms with E-state index in [-0.39, 0.29) is 6.61 Å². The fourth-order valence-corrected chi connectivity index (χ4v) is 3.47. The summed E-state index contributed by atoms with van der Waals surface area (Å²) in [6, 6.07) is 0. The van der Waals surface area contributed by atoms with E-state index in [1.54, 1.807) is 0 Å². The van der Waals surface area contributed by atoms with Crippen LogP contribution in [-0.4, -0.2) is 63.7 Å². The van der Waals surface area contributed by atoms with Crippen molar-refractivity contribution in [2.45, 2.75) is 25.2 Å². The highest BCUT2D eigenvalue weighted by Gasteiger charge is 2.43. The van der Waals surface area contributed by atoms with Crippen LogP contribution in [0.3, 0.4) is 0 Å². The van der Waals surface area contributed by atoms with Crippen molar-refractivity contribution in [3.05, 3.63) is 0 Å². The quantitative estimate of drug-likeness (QED) is 0.618. The van der Waals surface area contributed by atoms with Gasteiger partial charge in [-0.1, -0.05) is 0 Å². The molecule has 19 heavy (non-hydrogen) atoms. The van der Waals surface area contributed by atoms with Crippen LogP contribution in [0.1, 0.15) is 6.92 Å². The normalized spacial score (nSPS) is 33.3. The molecule has 2 N–H and O–H groups in total. The third-order valence-electron chi connectivity index (χ3n) is 2.82. The fraction of sp³-hybridized carbons (Fsp3) is 1.00. The SMILES string of the molecule is CO[C@@H]1CO[C@@H](C)C(OS(=O)(=O)O)[C@@H]1CS(=O)(=O)O. The van der Waals surface area contributed by atoms with Crippen LogP contribution < -0.4 is 0 Å². The van der Waals surface area contributed by atoms with Crippen molar-refractivity contribution < 1.29 is 39.6 Å². The largest absolute Gasteiger partial charge is 0.397 e. The lowest BCUT2D eigenvalue weighted by Crippen LogP contribution is -2.53. The number of ether oxygens (including phenoxy) is 2. The molecule has 1 fully saturated rings. The second-order valence-corrected chi connectivity index (χ2v) is 6.76. The molecular formula is C8H16O9S2. The van der Waals surface area contributed by atoms with Gasteiger partial charge in [-0.25, -0.2) is 4.18 Å². The highest BCUT2D eigenvalue weighted by molar-refractivity contribution is 7.85. The number of hydrogen-bond donors (Lipinski definition) is 2. The Morgan fingerprint density at radius 2 is 1.84 bits per heavy atom. The molecule has 0 aromatic rings. The molecule has 0 aromatic carbocycles. The molecule has 0 bridgehead atoms. The van der Waals surface area contributed by atoms with Crippen LogP contribution in [0.15, 0.2) is 0 Å². The molecule has 1 aliphatic heterocycles. The average Bonchev–Trinajstić information content (AvgIpc) is 2.20. The van der Waals surface area contributed by atoms with Gasteiger partial charge in [0.25, 0.3) is 10.1 Å². The van der Waals surface area contributed by atoms with Gasteiger partial charge in [-0.15, -0.1) is 0 Å². The van der Waals surface area contributed by atoms with Gasteiger partial charge < -0.3 is 9.47 Å². The van der Waals surface area contributed by atoms with Crippen LogP contribution in [0.4, 0.5) is 0 Å². The Morgan fingerprint density at radius 3 is 2.26 bits per heavy atom. The lowest BCUT2D eigenvalue weighted by molar-refractivity contribution is -0.148. The van der Waals surface area contributed by atoms with E-state index in [0.29, 0.717) is 0 Å². The summed E-state index contributed by atoms with van der Waals surface area (Å²) >= 11 is 0. The van der Waals surface area contributed by atoms with Crippen LogP contribution in [0.25, 0.3) is 0 Å². The van der Waals surface area contributed by atoms with Gasteiger partial charge in [0, 0.05) is 13.0 Å². The first kappa shape index (κ1) is 16.8. The highest BCUT2D eigenvalue weighted by Crippen LogP contribution is 2.28. The van der Waals surface area contributed by atoms with Gasteiger partial charge in [-0.2, -0.15) is 16.8 Å². The van der Waals surface area contributed by atoms with E-state index in [1.165, 1.54) is 14.0 Å². The molecule has 0 aromatic heterocycles. The molecule has 114 valence electrons. The van der Waals surface area contributed by atoms with Gasteiger partial charge in [0.1, 0.15) is 6.10 Å². The third kappa shape index (κ3) is 5.30. The lowest BCUT2D eigenvalue weighted by atomic mass is 9.92. The standard InChI is InChI=1S/C8H16O9S2/c1-5-8(17-19(12,13)14)6(4-18(9,10)11)7(15-2)3-16-5/h5-8H,3-4H2,1-2H3,(H,9,10,11)(H,12,13,14)/t5-,6+,7+,8?/m0/s1. The van der Waals surface area contributed by atoms with Crippen LogP contribution in [0.2, 0.25) is 0 Å². The van der Waals surface area contributed by atoms with Crippen molar-refractivity contribution in [3.63, 3.8) is 0 Å². The minimum Gasteiger partial charge on any atom is -0.379 e. The fourth-order valence-electron chi connectivity index (χ4n) is 2.00. The minimum atomic E-state index is -4.79. The topological polar surface area (TPSA) is 136 Å². The third-order valence-corrected chi connectivity index (χ3v) is 4.10. The summed E-state index contributed by atoms with van der Waals surface area (Å²) in [7, 11) is -7.88. The Hall–Kier alpha value is -0.300. The molecule has 1 unspecified atom stereocenters. The van der Waals surface area contributed by atoms with Gasteiger partial charge in [0.15, 0.2) is 0 Å². The Morgan fingerprint density at radius 1 is 1.26 bits per heavy atom. The van der Waals surface area contributed by atoms with Crippen LogP contribution in [0.5, 0.6) is 0 Å². The van der Waals surface area contributed by atoms with E-state index in [2.05, 4.69) is 4.18 Å². The van der Waals surface area contributed by atoms with Gasteiger partial charge >= 0.3 is 10.4 Å². The summed E-state index contributed by atoms with van der Waals surface area (Å²) in [5.74, 6) is -1.76. The van der Waals surface area contributed by atoms with E-state index >= 15 is 0 Å². The number of methoxy groups -OCH3 is 1. The zero-order valence-electron chi connectivity index (χ0n) is 10.3. The predicted molar refractivity (Wildman–Crippen MR) is 62.5 cm³/mol. The maximum Gasteiger partial charge on any atom is 0.397 e. The van der Waals surface area contributed by atoms with Gasteiger partial charge in [-0.05, 0) is 6.92 Å². The van der Waals surface area contributed by atoms with Gasteiger partial charge in [0.2, 0.25) is 0 Å². The van der Waals surface area contributed by atoms with Crippen LogP contribution in [0, 0.1) is 5.92 Å². The molecule has 1 heterocycles. The second kappa shape index (κ2) is 5.99. The van der Waals surface area contributed by atoms with Crippen molar-refractivity contribution in [2.75, 3.05) is 19.5 Å². The lowest BCUT2D eigenvalue weighted by Gasteiger charge is -2.39. The molecule has 1 rings (SSSR count). The second-order valence-electron chi connectivity index (χ2n) is 4.21. The van der Waals surface area contributed by atoms with Crippen molar-refractivity contribution in [1.82, 2.24) is 0 Å². The molecule has 1 aliphatic rings. The summed E-state index contributed by atoms with van der Waals surface area (Å²) in [5, 5.41) is 0. The highest BCUT2D eigenvalue weighted by atomic mass is 32.3. The summed E-state index contributed by atoms with van der Waals surface area (Å²) in [5.41, 5.74) is 0.